The van der Waals surface area contributed by atoms with E-state index in [2.05, 4.69) is 22.5 Å². The van der Waals surface area contributed by atoms with Crippen LogP contribution < -0.4 is 10.1 Å². The molecule has 4 heteroatoms. The van der Waals surface area contributed by atoms with Crippen molar-refractivity contribution in [3.8, 4) is 5.75 Å². The molecule has 1 atom stereocenters. The Balaban J connectivity index is 1.70. The molecule has 0 fully saturated rings. The SMILES string of the molecule is CNCc1ccnn1CC1Cc2ccccc2O1. The number of para-hydroxylation sites is 1. The van der Waals surface area contributed by atoms with Crippen LogP contribution in [0.4, 0.5) is 0 Å². The van der Waals surface area contributed by atoms with E-state index in [9.17, 15) is 0 Å². The topological polar surface area (TPSA) is 39.1 Å². The molecular formula is C14H17N3O. The van der Waals surface area contributed by atoms with Crippen molar-refractivity contribution in [3.63, 3.8) is 0 Å². The molecule has 1 unspecified atom stereocenters. The van der Waals surface area contributed by atoms with Crippen LogP contribution in [0.5, 0.6) is 5.75 Å². The lowest BCUT2D eigenvalue weighted by Gasteiger charge is -2.13. The molecule has 2 aromatic rings. The molecule has 94 valence electrons. The molecule has 1 aromatic carbocycles. The van der Waals surface area contributed by atoms with Crippen LogP contribution in [-0.2, 0) is 19.5 Å². The van der Waals surface area contributed by atoms with E-state index >= 15 is 0 Å². The summed E-state index contributed by atoms with van der Waals surface area (Å²) in [7, 11) is 1.94. The molecule has 1 aliphatic heterocycles. The number of ether oxygens (including phenoxy) is 1. The predicted octanol–water partition coefficient (Wildman–Crippen LogP) is 1.61. The fourth-order valence-corrected chi connectivity index (χ4v) is 2.40. The van der Waals surface area contributed by atoms with Crippen molar-refractivity contribution in [1.29, 1.82) is 0 Å². The van der Waals surface area contributed by atoms with E-state index in [1.807, 2.05) is 36.1 Å². The first-order valence-corrected chi connectivity index (χ1v) is 6.26. The van der Waals surface area contributed by atoms with E-state index in [0.717, 1.165) is 25.3 Å². The molecule has 0 spiro atoms. The van der Waals surface area contributed by atoms with Gasteiger partial charge in [0.05, 0.1) is 12.2 Å². The average Bonchev–Trinajstić information content (AvgIpc) is 2.97. The summed E-state index contributed by atoms with van der Waals surface area (Å²) in [6, 6.07) is 10.3. The Bertz CT molecular complexity index is 510. The Kier molecular flexibility index (Phi) is 3.02. The quantitative estimate of drug-likeness (QED) is 0.886. The summed E-state index contributed by atoms with van der Waals surface area (Å²) in [5.74, 6) is 1.02. The van der Waals surface area contributed by atoms with Crippen LogP contribution in [0.15, 0.2) is 36.5 Å². The number of nitrogens with one attached hydrogen (secondary N) is 1. The minimum absolute atomic E-state index is 0.193. The van der Waals surface area contributed by atoms with E-state index in [0.29, 0.717) is 0 Å². The van der Waals surface area contributed by atoms with Gasteiger partial charge in [0, 0.05) is 19.2 Å². The third kappa shape index (κ3) is 2.11. The zero-order valence-electron chi connectivity index (χ0n) is 10.5. The Morgan fingerprint density at radius 1 is 1.39 bits per heavy atom. The number of nitrogens with zero attached hydrogens (tertiary/aromatic N) is 2. The van der Waals surface area contributed by atoms with Crippen LogP contribution in [0.1, 0.15) is 11.3 Å². The Morgan fingerprint density at radius 3 is 3.11 bits per heavy atom. The third-order valence-corrected chi connectivity index (χ3v) is 3.25. The fraction of sp³-hybridized carbons (Fsp3) is 0.357. The molecular weight excluding hydrogens is 226 g/mol. The highest BCUT2D eigenvalue weighted by Crippen LogP contribution is 2.28. The zero-order valence-corrected chi connectivity index (χ0v) is 10.5. The molecule has 0 saturated heterocycles. The van der Waals surface area contributed by atoms with Crippen molar-refractivity contribution in [1.82, 2.24) is 15.1 Å². The summed E-state index contributed by atoms with van der Waals surface area (Å²) >= 11 is 0. The van der Waals surface area contributed by atoms with Crippen LogP contribution >= 0.6 is 0 Å². The Hall–Kier alpha value is -1.81. The Labute approximate surface area is 107 Å². The van der Waals surface area contributed by atoms with E-state index in [-0.39, 0.29) is 6.10 Å². The second-order valence-corrected chi connectivity index (χ2v) is 4.59. The fourth-order valence-electron chi connectivity index (χ4n) is 2.40. The molecule has 4 nitrogen and oxygen atoms in total. The molecule has 0 amide bonds. The van der Waals surface area contributed by atoms with Gasteiger partial charge in [0.2, 0.25) is 0 Å². The normalized spacial score (nSPS) is 17.5. The van der Waals surface area contributed by atoms with Crippen molar-refractivity contribution < 1.29 is 4.74 Å². The summed E-state index contributed by atoms with van der Waals surface area (Å²) in [6.45, 7) is 1.64. The number of aromatic nitrogens is 2. The van der Waals surface area contributed by atoms with Gasteiger partial charge in [-0.15, -0.1) is 0 Å². The van der Waals surface area contributed by atoms with Crippen molar-refractivity contribution in [3.05, 3.63) is 47.8 Å². The number of hydrogen-bond donors (Lipinski definition) is 1. The van der Waals surface area contributed by atoms with Gasteiger partial charge < -0.3 is 10.1 Å². The lowest BCUT2D eigenvalue weighted by atomic mass is 10.1. The second kappa shape index (κ2) is 4.82. The van der Waals surface area contributed by atoms with Crippen LogP contribution in [0.3, 0.4) is 0 Å². The second-order valence-electron chi connectivity index (χ2n) is 4.59. The standard InChI is InChI=1S/C14H17N3O/c1-15-9-12-6-7-16-17(12)10-13-8-11-4-2-3-5-14(11)18-13/h2-7,13,15H,8-10H2,1H3. The van der Waals surface area contributed by atoms with E-state index in [1.165, 1.54) is 11.3 Å². The lowest BCUT2D eigenvalue weighted by Crippen LogP contribution is -2.24. The molecule has 0 saturated carbocycles. The molecule has 1 aromatic heterocycles. The van der Waals surface area contributed by atoms with Gasteiger partial charge in [-0.25, -0.2) is 0 Å². The molecule has 2 heterocycles. The largest absolute Gasteiger partial charge is 0.488 e. The number of rotatable bonds is 4. The van der Waals surface area contributed by atoms with Crippen molar-refractivity contribution in [2.24, 2.45) is 0 Å². The smallest absolute Gasteiger partial charge is 0.123 e. The van der Waals surface area contributed by atoms with Crippen LogP contribution in [0, 0.1) is 0 Å². The number of hydrogen-bond acceptors (Lipinski definition) is 3. The molecule has 1 N–H and O–H groups in total. The van der Waals surface area contributed by atoms with Gasteiger partial charge >= 0.3 is 0 Å². The maximum atomic E-state index is 5.93. The minimum atomic E-state index is 0.193. The highest BCUT2D eigenvalue weighted by atomic mass is 16.5. The first-order valence-electron chi connectivity index (χ1n) is 6.26. The molecule has 3 rings (SSSR count). The van der Waals surface area contributed by atoms with Gasteiger partial charge in [-0.1, -0.05) is 18.2 Å². The highest BCUT2D eigenvalue weighted by molar-refractivity contribution is 5.37. The average molecular weight is 243 g/mol. The van der Waals surface area contributed by atoms with E-state index in [4.69, 9.17) is 4.74 Å². The van der Waals surface area contributed by atoms with Gasteiger partial charge in [-0.3, -0.25) is 4.68 Å². The van der Waals surface area contributed by atoms with Gasteiger partial charge in [0.15, 0.2) is 0 Å². The molecule has 0 radical (unpaired) electrons. The zero-order chi connectivity index (χ0) is 12.4. The molecule has 0 bridgehead atoms. The van der Waals surface area contributed by atoms with Gasteiger partial charge in [0.25, 0.3) is 0 Å². The summed E-state index contributed by atoms with van der Waals surface area (Å²) in [4.78, 5) is 0. The van der Waals surface area contributed by atoms with Gasteiger partial charge in [-0.2, -0.15) is 5.10 Å². The first kappa shape index (κ1) is 11.3. The summed E-state index contributed by atoms with van der Waals surface area (Å²) in [6.07, 6.45) is 3.00. The predicted molar refractivity (Wildman–Crippen MR) is 69.6 cm³/mol. The van der Waals surface area contributed by atoms with Crippen LogP contribution in [-0.4, -0.2) is 22.9 Å². The van der Waals surface area contributed by atoms with Crippen molar-refractivity contribution >= 4 is 0 Å². The van der Waals surface area contributed by atoms with Crippen LogP contribution in [0.2, 0.25) is 0 Å². The Morgan fingerprint density at radius 2 is 2.28 bits per heavy atom. The minimum Gasteiger partial charge on any atom is -0.488 e. The lowest BCUT2D eigenvalue weighted by molar-refractivity contribution is 0.201. The third-order valence-electron chi connectivity index (χ3n) is 3.25. The van der Waals surface area contributed by atoms with Crippen molar-refractivity contribution in [2.75, 3.05) is 7.05 Å². The maximum Gasteiger partial charge on any atom is 0.123 e. The molecule has 18 heavy (non-hydrogen) atoms. The highest BCUT2D eigenvalue weighted by Gasteiger charge is 2.23. The maximum absolute atomic E-state index is 5.93. The monoisotopic (exact) mass is 243 g/mol. The van der Waals surface area contributed by atoms with E-state index < -0.39 is 0 Å². The van der Waals surface area contributed by atoms with Crippen molar-refractivity contribution in [2.45, 2.75) is 25.6 Å². The molecule has 0 aliphatic carbocycles. The summed E-state index contributed by atoms with van der Waals surface area (Å²) < 4.78 is 7.95. The molecule has 1 aliphatic rings. The number of fused-ring (bicyclic) bond motifs is 1. The van der Waals surface area contributed by atoms with E-state index in [1.54, 1.807) is 0 Å². The van der Waals surface area contributed by atoms with Gasteiger partial charge in [-0.05, 0) is 24.7 Å². The summed E-state index contributed by atoms with van der Waals surface area (Å²) in [5.41, 5.74) is 2.49. The first-order chi connectivity index (χ1) is 8.86. The van der Waals surface area contributed by atoms with Crippen LogP contribution in [0.25, 0.3) is 0 Å². The van der Waals surface area contributed by atoms with Gasteiger partial charge in [0.1, 0.15) is 11.9 Å². The number of benzene rings is 1. The summed E-state index contributed by atoms with van der Waals surface area (Å²) in [5, 5.41) is 7.51.